The fourth-order valence-electron chi connectivity index (χ4n) is 4.84. The molecule has 1 aliphatic carbocycles. The van der Waals surface area contributed by atoms with Crippen LogP contribution in [0, 0.1) is 19.8 Å². The molecule has 10 heteroatoms. The number of aryl methyl sites for hydroxylation is 2. The van der Waals surface area contributed by atoms with Crippen LogP contribution in [-0.4, -0.2) is 31.5 Å². The number of rotatable bonds is 7. The largest absolute Gasteiger partial charge is 0.416 e. The summed E-state index contributed by atoms with van der Waals surface area (Å²) in [4.78, 5) is 25.7. The molecule has 1 amide bonds. The molecule has 0 saturated heterocycles. The molecule has 0 spiro atoms. The summed E-state index contributed by atoms with van der Waals surface area (Å²) >= 11 is 0. The molecule has 3 N–H and O–H groups in total. The van der Waals surface area contributed by atoms with Gasteiger partial charge >= 0.3 is 6.18 Å². The minimum Gasteiger partial charge on any atom is -0.365 e. The fraction of sp³-hybridized carbons (Fsp3) is 0.357. The van der Waals surface area contributed by atoms with Crippen molar-refractivity contribution in [1.29, 1.82) is 0 Å². The van der Waals surface area contributed by atoms with Crippen molar-refractivity contribution in [2.75, 3.05) is 5.32 Å². The summed E-state index contributed by atoms with van der Waals surface area (Å²) in [7, 11) is 0. The smallest absolute Gasteiger partial charge is 0.365 e. The summed E-state index contributed by atoms with van der Waals surface area (Å²) in [6.07, 6.45) is -1.05. The molecule has 1 saturated carbocycles. The van der Waals surface area contributed by atoms with E-state index in [0.717, 1.165) is 41.7 Å². The van der Waals surface area contributed by atoms with Crippen LogP contribution in [0.25, 0.3) is 22.6 Å². The number of amides is 1. The lowest BCUT2D eigenvalue weighted by molar-refractivity contribution is -0.137. The van der Waals surface area contributed by atoms with E-state index >= 15 is 0 Å². The number of hydrogen-bond acceptors (Lipinski definition) is 5. The minimum atomic E-state index is -4.42. The average molecular weight is 523 g/mol. The van der Waals surface area contributed by atoms with Crippen molar-refractivity contribution in [1.82, 2.24) is 19.5 Å². The Morgan fingerprint density at radius 1 is 1.11 bits per heavy atom. The summed E-state index contributed by atoms with van der Waals surface area (Å²) in [5, 5.41) is 3.46. The van der Waals surface area contributed by atoms with Crippen molar-refractivity contribution in [3.8, 4) is 11.4 Å². The molecule has 0 radical (unpaired) electrons. The van der Waals surface area contributed by atoms with Crippen molar-refractivity contribution in [2.45, 2.75) is 58.8 Å². The molecule has 1 aliphatic rings. The van der Waals surface area contributed by atoms with Crippen molar-refractivity contribution in [3.63, 3.8) is 0 Å². The van der Waals surface area contributed by atoms with E-state index in [4.69, 9.17) is 10.7 Å². The van der Waals surface area contributed by atoms with Crippen LogP contribution < -0.4 is 11.1 Å². The Balaban J connectivity index is 1.71. The van der Waals surface area contributed by atoms with Gasteiger partial charge in [-0.05, 0) is 68.9 Å². The number of nitrogens with one attached hydrogen (secondary N) is 1. The maximum atomic E-state index is 13.2. The molecule has 7 nitrogen and oxygen atoms in total. The molecule has 0 aliphatic heterocycles. The number of hydrogen-bond donors (Lipinski definition) is 2. The van der Waals surface area contributed by atoms with Crippen LogP contribution in [0.15, 0.2) is 42.5 Å². The molecular weight excluding hydrogens is 493 g/mol. The zero-order chi connectivity index (χ0) is 27.2. The van der Waals surface area contributed by atoms with Gasteiger partial charge in [0.15, 0.2) is 11.5 Å². The van der Waals surface area contributed by atoms with Crippen molar-refractivity contribution < 1.29 is 18.0 Å². The summed E-state index contributed by atoms with van der Waals surface area (Å²) in [6.45, 7) is 6.24. The molecule has 2 heterocycles. The van der Waals surface area contributed by atoms with Gasteiger partial charge in [-0.15, -0.1) is 0 Å². The number of nitrogens with zero attached hydrogens (tertiary/aromatic N) is 4. The number of aromatic nitrogens is 4. The van der Waals surface area contributed by atoms with Crippen molar-refractivity contribution >= 4 is 22.9 Å². The second kappa shape index (κ2) is 9.74. The van der Waals surface area contributed by atoms with Crippen LogP contribution >= 0.6 is 0 Å². The highest BCUT2D eigenvalue weighted by Gasteiger charge is 2.30. The maximum Gasteiger partial charge on any atom is 0.416 e. The second-order valence-corrected chi connectivity index (χ2v) is 10.1. The number of nitrogens with two attached hydrogens (primary N) is 1. The Bertz CT molecular complexity index is 1510. The van der Waals surface area contributed by atoms with E-state index < -0.39 is 17.6 Å². The molecule has 0 unspecified atom stereocenters. The molecule has 1 fully saturated rings. The van der Waals surface area contributed by atoms with Gasteiger partial charge in [0.25, 0.3) is 5.91 Å². The first-order valence-corrected chi connectivity index (χ1v) is 12.6. The van der Waals surface area contributed by atoms with E-state index in [-0.39, 0.29) is 18.4 Å². The monoisotopic (exact) mass is 522 g/mol. The fourth-order valence-corrected chi connectivity index (χ4v) is 4.84. The Kier molecular flexibility index (Phi) is 6.58. The van der Waals surface area contributed by atoms with Crippen LogP contribution in [0.3, 0.4) is 0 Å². The number of carbonyl (C=O) groups excluding carboxylic acids is 1. The molecule has 0 bridgehead atoms. The lowest BCUT2D eigenvalue weighted by atomic mass is 9.80. The first-order chi connectivity index (χ1) is 18.0. The molecule has 2 aromatic carbocycles. The topological polar surface area (TPSA) is 98.7 Å². The zero-order valence-corrected chi connectivity index (χ0v) is 21.4. The number of anilines is 1. The van der Waals surface area contributed by atoms with Gasteiger partial charge in [0.2, 0.25) is 5.82 Å². The van der Waals surface area contributed by atoms with E-state index in [1.807, 2.05) is 36.6 Å². The zero-order valence-electron chi connectivity index (χ0n) is 21.4. The predicted molar refractivity (Wildman–Crippen MR) is 140 cm³/mol. The highest BCUT2D eigenvalue weighted by Crippen LogP contribution is 2.35. The van der Waals surface area contributed by atoms with Crippen molar-refractivity contribution in [2.24, 2.45) is 11.7 Å². The Labute approximate surface area is 218 Å². The number of alkyl halides is 3. The summed E-state index contributed by atoms with van der Waals surface area (Å²) < 4.78 is 41.4. The summed E-state index contributed by atoms with van der Waals surface area (Å²) in [5.41, 5.74) is 9.21. The highest BCUT2D eigenvalue weighted by molar-refractivity contribution is 5.94. The minimum absolute atomic E-state index is 0.0844. The van der Waals surface area contributed by atoms with E-state index in [1.54, 1.807) is 0 Å². The van der Waals surface area contributed by atoms with Gasteiger partial charge in [0, 0.05) is 18.2 Å². The number of imidazole rings is 1. The van der Waals surface area contributed by atoms with Gasteiger partial charge in [-0.3, -0.25) is 4.79 Å². The predicted octanol–water partition coefficient (Wildman–Crippen LogP) is 5.88. The van der Waals surface area contributed by atoms with Crippen molar-refractivity contribution in [3.05, 3.63) is 70.5 Å². The van der Waals surface area contributed by atoms with E-state index in [0.29, 0.717) is 34.3 Å². The molecule has 4 aromatic rings. The quantitative estimate of drug-likeness (QED) is 0.316. The Morgan fingerprint density at radius 2 is 1.82 bits per heavy atom. The molecule has 1 atom stereocenters. The lowest BCUT2D eigenvalue weighted by Gasteiger charge is -2.32. The van der Waals surface area contributed by atoms with Crippen LogP contribution in [0.1, 0.15) is 59.1 Å². The van der Waals surface area contributed by atoms with Gasteiger partial charge < -0.3 is 15.6 Å². The first kappa shape index (κ1) is 25.7. The maximum absolute atomic E-state index is 13.2. The Morgan fingerprint density at radius 3 is 2.42 bits per heavy atom. The van der Waals surface area contributed by atoms with Gasteiger partial charge in [-0.25, -0.2) is 15.0 Å². The highest BCUT2D eigenvalue weighted by atomic mass is 19.4. The van der Waals surface area contributed by atoms with Gasteiger partial charge in [-0.1, -0.05) is 36.2 Å². The molecular formula is C28H29F3N6O. The van der Waals surface area contributed by atoms with Gasteiger partial charge in [-0.2, -0.15) is 13.2 Å². The first-order valence-electron chi connectivity index (χ1n) is 12.6. The van der Waals surface area contributed by atoms with Gasteiger partial charge in [0.05, 0.1) is 5.56 Å². The third-order valence-corrected chi connectivity index (χ3v) is 7.30. The summed E-state index contributed by atoms with van der Waals surface area (Å²) in [6, 6.07) is 11.2. The van der Waals surface area contributed by atoms with E-state index in [2.05, 4.69) is 22.2 Å². The molecule has 5 rings (SSSR count). The number of benzene rings is 2. The van der Waals surface area contributed by atoms with Crippen LogP contribution in [0.4, 0.5) is 19.0 Å². The SMILES string of the molecule is Cc1ccc(C)c(-c2nc3nc(C(N)=O)nc(N[C@H](C)C4CCC4)c3n2Cc2ccc(C(F)(F)F)cc2)c1. The second-order valence-electron chi connectivity index (χ2n) is 10.1. The number of fused-ring (bicyclic) bond motifs is 1. The number of halogens is 3. The number of primary amides is 1. The van der Waals surface area contributed by atoms with E-state index in [1.165, 1.54) is 18.6 Å². The Hall–Kier alpha value is -3.95. The standard InChI is InChI=1S/C28H29F3N6O/c1-15-7-8-16(2)21(13-15)27-36-25-22(37(27)14-18-9-11-20(12-10-18)28(29,30)31)24(34-26(35-25)23(32)38)33-17(3)19-5-4-6-19/h7-13,17,19H,4-6,14H2,1-3H3,(H2,32,38)(H,33,34,35)/t17-/m1/s1. The lowest BCUT2D eigenvalue weighted by Crippen LogP contribution is -2.31. The molecule has 198 valence electrons. The third kappa shape index (κ3) is 4.94. The average Bonchev–Trinajstić information content (AvgIpc) is 3.17. The molecule has 2 aromatic heterocycles. The normalized spacial score (nSPS) is 14.9. The third-order valence-electron chi connectivity index (χ3n) is 7.30. The number of carbonyl (C=O) groups is 1. The molecule has 38 heavy (non-hydrogen) atoms. The van der Waals surface area contributed by atoms with Crippen LogP contribution in [-0.2, 0) is 12.7 Å². The van der Waals surface area contributed by atoms with Gasteiger partial charge in [0.1, 0.15) is 11.3 Å². The summed E-state index contributed by atoms with van der Waals surface area (Å²) in [5.74, 6) is 0.571. The van der Waals surface area contributed by atoms with Crippen LogP contribution in [0.2, 0.25) is 0 Å². The van der Waals surface area contributed by atoms with Crippen LogP contribution in [0.5, 0.6) is 0 Å². The van der Waals surface area contributed by atoms with E-state index in [9.17, 15) is 18.0 Å².